The molecule has 1 fully saturated rings. The number of hydrogen-bond acceptors (Lipinski definition) is 2. The van der Waals surface area contributed by atoms with E-state index in [-0.39, 0.29) is 12.1 Å². The van der Waals surface area contributed by atoms with E-state index in [4.69, 9.17) is 4.74 Å². The summed E-state index contributed by atoms with van der Waals surface area (Å²) in [6.45, 7) is 0.316. The van der Waals surface area contributed by atoms with E-state index < -0.39 is 0 Å². The summed E-state index contributed by atoms with van der Waals surface area (Å²) in [5.74, 6) is 0.991. The molecule has 4 rings (SSSR count). The van der Waals surface area contributed by atoms with Crippen molar-refractivity contribution < 1.29 is 9.53 Å². The Hall–Kier alpha value is -1.81. The molecule has 4 heteroatoms. The SMILES string of the molecule is O=C(NC1C2Cc3ccc(Br)cc3C21)OCc1ccccc1. The van der Waals surface area contributed by atoms with Crippen molar-refractivity contribution in [2.75, 3.05) is 0 Å². The molecule has 2 aliphatic carbocycles. The van der Waals surface area contributed by atoms with Gasteiger partial charge in [-0.2, -0.15) is 0 Å². The van der Waals surface area contributed by atoms with Crippen molar-refractivity contribution in [2.45, 2.75) is 25.0 Å². The summed E-state index contributed by atoms with van der Waals surface area (Å²) >= 11 is 3.52. The van der Waals surface area contributed by atoms with Crippen LogP contribution in [0.5, 0.6) is 0 Å². The molecule has 0 saturated heterocycles. The monoisotopic (exact) mass is 357 g/mol. The van der Waals surface area contributed by atoms with Gasteiger partial charge in [0.25, 0.3) is 0 Å². The lowest BCUT2D eigenvalue weighted by atomic mass is 10.1. The molecule has 0 aromatic heterocycles. The number of ether oxygens (including phenoxy) is 1. The first kappa shape index (κ1) is 13.8. The third-order valence-electron chi connectivity index (χ3n) is 4.59. The largest absolute Gasteiger partial charge is 0.445 e. The third-order valence-corrected chi connectivity index (χ3v) is 5.08. The zero-order chi connectivity index (χ0) is 15.1. The third kappa shape index (κ3) is 2.52. The summed E-state index contributed by atoms with van der Waals surface area (Å²) in [6.07, 6.45) is 0.733. The number of rotatable bonds is 3. The second kappa shape index (κ2) is 5.43. The Balaban J connectivity index is 1.34. The average molecular weight is 358 g/mol. The van der Waals surface area contributed by atoms with E-state index in [1.165, 1.54) is 11.1 Å². The standard InChI is InChI=1S/C18H16BrNO2/c19-13-7-6-12-8-15-16(14(12)9-13)17(15)20-18(21)22-10-11-4-2-1-3-5-11/h1-7,9,15-17H,8,10H2,(H,20,21). The van der Waals surface area contributed by atoms with Gasteiger partial charge in [0.2, 0.25) is 0 Å². The number of benzene rings is 2. The molecule has 2 aromatic carbocycles. The summed E-state index contributed by atoms with van der Waals surface area (Å²) in [6, 6.07) is 16.4. The van der Waals surface area contributed by atoms with E-state index in [1.807, 2.05) is 30.3 Å². The maximum Gasteiger partial charge on any atom is 0.407 e. The molecule has 0 aliphatic heterocycles. The second-order valence-electron chi connectivity index (χ2n) is 5.97. The van der Waals surface area contributed by atoms with Crippen LogP contribution in [0.25, 0.3) is 0 Å². The van der Waals surface area contributed by atoms with Crippen molar-refractivity contribution in [3.8, 4) is 0 Å². The normalized spacial score (nSPS) is 24.3. The van der Waals surface area contributed by atoms with Crippen molar-refractivity contribution in [3.63, 3.8) is 0 Å². The molecule has 2 aromatic rings. The molecule has 3 nitrogen and oxygen atoms in total. The lowest BCUT2D eigenvalue weighted by Crippen LogP contribution is -2.29. The van der Waals surface area contributed by atoms with Crippen molar-refractivity contribution in [1.29, 1.82) is 0 Å². The topological polar surface area (TPSA) is 38.3 Å². The van der Waals surface area contributed by atoms with E-state index >= 15 is 0 Å². The number of halogens is 1. The highest BCUT2D eigenvalue weighted by molar-refractivity contribution is 9.10. The Morgan fingerprint density at radius 2 is 2.05 bits per heavy atom. The molecule has 112 valence electrons. The maximum absolute atomic E-state index is 11.9. The predicted octanol–water partition coefficient (Wildman–Crippen LogP) is 4.01. The Kier molecular flexibility index (Phi) is 3.41. The van der Waals surface area contributed by atoms with Gasteiger partial charge in [-0.3, -0.25) is 0 Å². The van der Waals surface area contributed by atoms with E-state index in [2.05, 4.69) is 39.4 Å². The highest BCUT2D eigenvalue weighted by atomic mass is 79.9. The van der Waals surface area contributed by atoms with Gasteiger partial charge in [-0.15, -0.1) is 0 Å². The van der Waals surface area contributed by atoms with Crippen LogP contribution in [0.3, 0.4) is 0 Å². The molecule has 0 bridgehead atoms. The first-order valence-corrected chi connectivity index (χ1v) is 8.27. The minimum atomic E-state index is -0.320. The summed E-state index contributed by atoms with van der Waals surface area (Å²) in [7, 11) is 0. The van der Waals surface area contributed by atoms with Crippen LogP contribution in [0, 0.1) is 5.92 Å². The number of carbonyl (C=O) groups excluding carboxylic acids is 1. The highest BCUT2D eigenvalue weighted by Gasteiger charge is 2.56. The Bertz CT molecular complexity index is 716. The van der Waals surface area contributed by atoms with Gasteiger partial charge in [0, 0.05) is 16.4 Å². The van der Waals surface area contributed by atoms with E-state index in [0.29, 0.717) is 18.4 Å². The van der Waals surface area contributed by atoms with Crippen LogP contribution in [0.15, 0.2) is 53.0 Å². The van der Waals surface area contributed by atoms with Gasteiger partial charge in [-0.25, -0.2) is 4.79 Å². The molecule has 3 atom stereocenters. The number of hydrogen-bond donors (Lipinski definition) is 1. The van der Waals surface area contributed by atoms with Crippen LogP contribution in [0.1, 0.15) is 22.6 Å². The number of amides is 1. The molecule has 1 saturated carbocycles. The molecule has 0 radical (unpaired) electrons. The van der Waals surface area contributed by atoms with Crippen LogP contribution in [-0.4, -0.2) is 12.1 Å². The fraction of sp³-hybridized carbons (Fsp3) is 0.278. The minimum absolute atomic E-state index is 0.227. The van der Waals surface area contributed by atoms with Gasteiger partial charge in [-0.1, -0.05) is 52.3 Å². The van der Waals surface area contributed by atoms with Crippen LogP contribution in [0.4, 0.5) is 4.79 Å². The Morgan fingerprint density at radius 3 is 2.86 bits per heavy atom. The molecule has 3 unspecified atom stereocenters. The first-order chi connectivity index (χ1) is 10.7. The smallest absolute Gasteiger partial charge is 0.407 e. The predicted molar refractivity (Wildman–Crippen MR) is 87.6 cm³/mol. The number of nitrogens with one attached hydrogen (secondary N) is 1. The molecular formula is C18H16BrNO2. The van der Waals surface area contributed by atoms with Gasteiger partial charge >= 0.3 is 6.09 Å². The molecule has 1 N–H and O–H groups in total. The lowest BCUT2D eigenvalue weighted by Gasteiger charge is -2.10. The summed E-state index contributed by atoms with van der Waals surface area (Å²) < 4.78 is 6.40. The molecule has 0 spiro atoms. The number of alkyl carbamates (subject to hydrolysis) is 1. The zero-order valence-electron chi connectivity index (χ0n) is 12.0. The fourth-order valence-corrected chi connectivity index (χ4v) is 3.84. The van der Waals surface area contributed by atoms with Crippen molar-refractivity contribution in [1.82, 2.24) is 5.32 Å². The van der Waals surface area contributed by atoms with Crippen LogP contribution < -0.4 is 5.32 Å². The van der Waals surface area contributed by atoms with Gasteiger partial charge in [0.15, 0.2) is 0 Å². The van der Waals surface area contributed by atoms with E-state index in [1.54, 1.807) is 0 Å². The van der Waals surface area contributed by atoms with E-state index in [9.17, 15) is 4.79 Å². The highest BCUT2D eigenvalue weighted by Crippen LogP contribution is 2.56. The lowest BCUT2D eigenvalue weighted by molar-refractivity contribution is 0.138. The van der Waals surface area contributed by atoms with Crippen molar-refractivity contribution in [3.05, 3.63) is 69.7 Å². The molecule has 1 amide bonds. The Morgan fingerprint density at radius 1 is 1.23 bits per heavy atom. The summed E-state index contributed by atoms with van der Waals surface area (Å²) in [5.41, 5.74) is 3.78. The van der Waals surface area contributed by atoms with Crippen molar-refractivity contribution >= 4 is 22.0 Å². The fourth-order valence-electron chi connectivity index (χ4n) is 3.47. The first-order valence-electron chi connectivity index (χ1n) is 7.48. The number of fused-ring (bicyclic) bond motifs is 3. The van der Waals surface area contributed by atoms with Gasteiger partial charge in [-0.05, 0) is 41.2 Å². The maximum atomic E-state index is 11.9. The Labute approximate surface area is 137 Å². The quantitative estimate of drug-likeness (QED) is 0.900. The van der Waals surface area contributed by atoms with Gasteiger partial charge in [0.1, 0.15) is 6.61 Å². The van der Waals surface area contributed by atoms with Gasteiger partial charge in [0.05, 0.1) is 0 Å². The molecule has 22 heavy (non-hydrogen) atoms. The summed E-state index contributed by atoms with van der Waals surface area (Å²) in [5, 5.41) is 3.01. The average Bonchev–Trinajstić information content (AvgIpc) is 3.04. The zero-order valence-corrected chi connectivity index (χ0v) is 13.5. The van der Waals surface area contributed by atoms with Crippen LogP contribution in [-0.2, 0) is 17.8 Å². The van der Waals surface area contributed by atoms with Gasteiger partial charge < -0.3 is 10.1 Å². The molecular weight excluding hydrogens is 342 g/mol. The van der Waals surface area contributed by atoms with Crippen LogP contribution >= 0.6 is 15.9 Å². The second-order valence-corrected chi connectivity index (χ2v) is 6.88. The van der Waals surface area contributed by atoms with Crippen LogP contribution in [0.2, 0.25) is 0 Å². The minimum Gasteiger partial charge on any atom is -0.445 e. The number of carbonyl (C=O) groups is 1. The van der Waals surface area contributed by atoms with Crippen molar-refractivity contribution in [2.24, 2.45) is 5.92 Å². The molecule has 2 aliphatic rings. The summed E-state index contributed by atoms with van der Waals surface area (Å²) in [4.78, 5) is 11.9. The van der Waals surface area contributed by atoms with E-state index in [0.717, 1.165) is 16.5 Å². The molecule has 0 heterocycles.